The maximum absolute atomic E-state index is 14.3. The van der Waals surface area contributed by atoms with Crippen LogP contribution in [-0.4, -0.2) is 20.9 Å². The van der Waals surface area contributed by atoms with Crippen molar-refractivity contribution in [2.75, 3.05) is 5.32 Å². The first kappa shape index (κ1) is 19.2. The molecular weight excluding hydrogens is 385 g/mol. The summed E-state index contributed by atoms with van der Waals surface area (Å²) in [7, 11) is -4.26. The van der Waals surface area contributed by atoms with Crippen LogP contribution in [0.25, 0.3) is 0 Å². The zero-order valence-electron chi connectivity index (χ0n) is 13.8. The zero-order chi connectivity index (χ0) is 19.6. The highest BCUT2D eigenvalue weighted by Crippen LogP contribution is 2.28. The summed E-state index contributed by atoms with van der Waals surface area (Å²) in [5.74, 6) is -1.48. The van der Waals surface area contributed by atoms with Crippen molar-refractivity contribution < 1.29 is 31.1 Å². The standard InChI is InChI=1S/C17H15F3N2O4S/c18-12-8-13-10(5-6-16(23)22-13)7-15(12)27(24,25)21-9-11-3-1-2-4-14(11)26-17(19)20/h1-4,7-8,17,21H,5-6,9H2,(H,22,23). The van der Waals surface area contributed by atoms with Gasteiger partial charge in [0.05, 0.1) is 0 Å². The van der Waals surface area contributed by atoms with E-state index >= 15 is 0 Å². The summed E-state index contributed by atoms with van der Waals surface area (Å²) in [6.45, 7) is -3.42. The molecule has 2 N–H and O–H groups in total. The highest BCUT2D eigenvalue weighted by Gasteiger charge is 2.24. The lowest BCUT2D eigenvalue weighted by Crippen LogP contribution is -2.26. The summed E-state index contributed by atoms with van der Waals surface area (Å²) in [5, 5.41) is 2.48. The Morgan fingerprint density at radius 1 is 1.19 bits per heavy atom. The lowest BCUT2D eigenvalue weighted by molar-refractivity contribution is -0.116. The van der Waals surface area contributed by atoms with Crippen LogP contribution in [0.1, 0.15) is 17.5 Å². The number of hydrogen-bond donors (Lipinski definition) is 2. The third-order valence-corrected chi connectivity index (χ3v) is 5.40. The Balaban J connectivity index is 1.83. The van der Waals surface area contributed by atoms with Crippen molar-refractivity contribution in [3.8, 4) is 5.75 Å². The van der Waals surface area contributed by atoms with Crippen LogP contribution in [0.5, 0.6) is 5.75 Å². The van der Waals surface area contributed by atoms with E-state index < -0.39 is 27.3 Å². The van der Waals surface area contributed by atoms with E-state index in [1.807, 2.05) is 0 Å². The van der Waals surface area contributed by atoms with Gasteiger partial charge in [-0.2, -0.15) is 8.78 Å². The molecule has 2 aromatic rings. The molecule has 0 aliphatic carbocycles. The first-order chi connectivity index (χ1) is 12.8. The molecule has 0 saturated carbocycles. The number of fused-ring (bicyclic) bond motifs is 1. The number of benzene rings is 2. The zero-order valence-corrected chi connectivity index (χ0v) is 14.7. The summed E-state index contributed by atoms with van der Waals surface area (Å²) in [6, 6.07) is 7.80. The maximum Gasteiger partial charge on any atom is 0.387 e. The van der Waals surface area contributed by atoms with Gasteiger partial charge in [-0.1, -0.05) is 18.2 Å². The van der Waals surface area contributed by atoms with Gasteiger partial charge in [0.15, 0.2) is 0 Å². The molecule has 1 aliphatic heterocycles. The minimum atomic E-state index is -4.26. The lowest BCUT2D eigenvalue weighted by Gasteiger charge is -2.18. The molecule has 6 nitrogen and oxygen atoms in total. The van der Waals surface area contributed by atoms with E-state index in [0.29, 0.717) is 5.56 Å². The number of rotatable bonds is 6. The molecule has 0 bridgehead atoms. The van der Waals surface area contributed by atoms with E-state index in [9.17, 15) is 26.4 Å². The number of ether oxygens (including phenoxy) is 1. The number of sulfonamides is 1. The van der Waals surface area contributed by atoms with E-state index in [0.717, 1.165) is 12.1 Å². The molecule has 0 radical (unpaired) electrons. The lowest BCUT2D eigenvalue weighted by atomic mass is 10.0. The highest BCUT2D eigenvalue weighted by molar-refractivity contribution is 7.89. The van der Waals surface area contributed by atoms with Gasteiger partial charge in [0.1, 0.15) is 16.5 Å². The Morgan fingerprint density at radius 3 is 2.67 bits per heavy atom. The fourth-order valence-electron chi connectivity index (χ4n) is 2.70. The minimum Gasteiger partial charge on any atom is -0.434 e. The van der Waals surface area contributed by atoms with Crippen LogP contribution in [-0.2, 0) is 27.8 Å². The molecule has 0 spiro atoms. The number of hydrogen-bond acceptors (Lipinski definition) is 4. The van der Waals surface area contributed by atoms with Crippen LogP contribution in [0.3, 0.4) is 0 Å². The molecule has 10 heteroatoms. The molecule has 0 fully saturated rings. The number of carbonyl (C=O) groups excluding carboxylic acids is 1. The van der Waals surface area contributed by atoms with Crippen LogP contribution >= 0.6 is 0 Å². The summed E-state index contributed by atoms with van der Waals surface area (Å²) in [6.07, 6.45) is 0.457. The third kappa shape index (κ3) is 4.40. The SMILES string of the molecule is O=C1CCc2cc(S(=O)(=O)NCc3ccccc3OC(F)F)c(F)cc2N1. The van der Waals surface area contributed by atoms with Gasteiger partial charge >= 0.3 is 6.61 Å². The van der Waals surface area contributed by atoms with Crippen molar-refractivity contribution in [2.24, 2.45) is 0 Å². The van der Waals surface area contributed by atoms with E-state index in [2.05, 4.69) is 14.8 Å². The fraction of sp³-hybridized carbons (Fsp3) is 0.235. The summed E-state index contributed by atoms with van der Waals surface area (Å²) >= 11 is 0. The Labute approximate surface area is 153 Å². The maximum atomic E-state index is 14.3. The molecule has 1 heterocycles. The Morgan fingerprint density at radius 2 is 1.93 bits per heavy atom. The molecule has 2 aromatic carbocycles. The van der Waals surface area contributed by atoms with E-state index in [4.69, 9.17) is 0 Å². The summed E-state index contributed by atoms with van der Waals surface area (Å²) in [4.78, 5) is 10.8. The van der Waals surface area contributed by atoms with E-state index in [-0.39, 0.29) is 42.3 Å². The summed E-state index contributed by atoms with van der Waals surface area (Å²) < 4.78 is 70.7. The fourth-order valence-corrected chi connectivity index (χ4v) is 3.81. The monoisotopic (exact) mass is 400 g/mol. The average Bonchev–Trinajstić information content (AvgIpc) is 2.59. The predicted molar refractivity (Wildman–Crippen MR) is 90.5 cm³/mol. The number of anilines is 1. The van der Waals surface area contributed by atoms with Gasteiger partial charge in [-0.25, -0.2) is 17.5 Å². The third-order valence-electron chi connectivity index (χ3n) is 3.98. The van der Waals surface area contributed by atoms with E-state index in [1.165, 1.54) is 24.3 Å². The van der Waals surface area contributed by atoms with Crippen LogP contribution in [0.4, 0.5) is 18.9 Å². The summed E-state index contributed by atoms with van der Waals surface area (Å²) in [5.41, 5.74) is 0.906. The first-order valence-corrected chi connectivity index (χ1v) is 9.39. The van der Waals surface area contributed by atoms with Gasteiger partial charge in [-0.15, -0.1) is 0 Å². The van der Waals surface area contributed by atoms with Crippen molar-refractivity contribution in [1.29, 1.82) is 0 Å². The number of nitrogens with one attached hydrogen (secondary N) is 2. The van der Waals surface area contributed by atoms with Gasteiger partial charge < -0.3 is 10.1 Å². The first-order valence-electron chi connectivity index (χ1n) is 7.91. The minimum absolute atomic E-state index is 0.171. The van der Waals surface area contributed by atoms with Gasteiger partial charge in [-0.05, 0) is 30.2 Å². The molecular formula is C17H15F3N2O4S. The van der Waals surface area contributed by atoms with Crippen molar-refractivity contribution in [3.63, 3.8) is 0 Å². The number of carbonyl (C=O) groups is 1. The van der Waals surface area contributed by atoms with Crippen LogP contribution < -0.4 is 14.8 Å². The Bertz CT molecular complexity index is 980. The average molecular weight is 400 g/mol. The molecule has 1 amide bonds. The Kier molecular flexibility index (Phi) is 5.38. The van der Waals surface area contributed by atoms with Gasteiger partial charge in [0.2, 0.25) is 15.9 Å². The molecule has 0 aromatic heterocycles. The molecule has 0 unspecified atom stereocenters. The van der Waals surface area contributed by atoms with E-state index in [1.54, 1.807) is 0 Å². The molecule has 144 valence electrons. The second-order valence-corrected chi connectivity index (χ2v) is 7.53. The number of halogens is 3. The highest BCUT2D eigenvalue weighted by atomic mass is 32.2. The number of amides is 1. The topological polar surface area (TPSA) is 84.5 Å². The van der Waals surface area contributed by atoms with Gasteiger partial charge in [-0.3, -0.25) is 4.79 Å². The Hall–Kier alpha value is -2.59. The smallest absolute Gasteiger partial charge is 0.387 e. The molecule has 27 heavy (non-hydrogen) atoms. The van der Waals surface area contributed by atoms with Crippen LogP contribution in [0, 0.1) is 5.82 Å². The number of aryl methyl sites for hydroxylation is 1. The van der Waals surface area contributed by atoms with Gasteiger partial charge in [0, 0.05) is 24.2 Å². The predicted octanol–water partition coefficient (Wildman–Crippen LogP) is 2.79. The number of alkyl halides is 2. The second-order valence-electron chi connectivity index (χ2n) is 5.80. The quantitative estimate of drug-likeness (QED) is 0.781. The number of para-hydroxylation sites is 1. The van der Waals surface area contributed by atoms with Crippen LogP contribution in [0.2, 0.25) is 0 Å². The second kappa shape index (κ2) is 7.57. The van der Waals surface area contributed by atoms with Crippen molar-refractivity contribution >= 4 is 21.6 Å². The molecule has 1 aliphatic rings. The molecule has 3 rings (SSSR count). The molecule has 0 atom stereocenters. The van der Waals surface area contributed by atoms with Gasteiger partial charge in [0.25, 0.3) is 0 Å². The van der Waals surface area contributed by atoms with Crippen LogP contribution in [0.15, 0.2) is 41.3 Å². The van der Waals surface area contributed by atoms with Crippen molar-refractivity contribution in [2.45, 2.75) is 30.9 Å². The van der Waals surface area contributed by atoms with Crippen molar-refractivity contribution in [3.05, 3.63) is 53.3 Å². The largest absolute Gasteiger partial charge is 0.434 e. The normalized spacial score (nSPS) is 14.0. The molecule has 0 saturated heterocycles. The van der Waals surface area contributed by atoms with Crippen molar-refractivity contribution in [1.82, 2.24) is 4.72 Å².